The molecule has 1 fully saturated rings. The van der Waals surface area contributed by atoms with Gasteiger partial charge in [-0.1, -0.05) is 39.7 Å². The van der Waals surface area contributed by atoms with E-state index in [1.165, 1.54) is 6.42 Å². The van der Waals surface area contributed by atoms with Crippen LogP contribution >= 0.6 is 0 Å². The highest BCUT2D eigenvalue weighted by atomic mass is 16.7. The summed E-state index contributed by atoms with van der Waals surface area (Å²) in [5.74, 6) is 4.93. The standard InChI is InChI=1S/C25H34O4/c1-7-20-11-12-22(27-6)15-21(20)10-8-19(5)16-28-25(26)29-24-14-18(4)9-13-23(24)17(2)3/h1,11-12,15,17-18,23-24H,5,8-10,13-14,16H2,2-4,6H3/t18-,23+,24-/m0/s1. The first-order valence-electron chi connectivity index (χ1n) is 10.5. The molecule has 4 nitrogen and oxygen atoms in total. The van der Waals surface area contributed by atoms with E-state index in [4.69, 9.17) is 20.6 Å². The van der Waals surface area contributed by atoms with Gasteiger partial charge in [-0.2, -0.15) is 0 Å². The van der Waals surface area contributed by atoms with Gasteiger partial charge in [0.2, 0.25) is 0 Å². The van der Waals surface area contributed by atoms with Crippen LogP contribution in [0.1, 0.15) is 57.6 Å². The molecule has 3 atom stereocenters. The number of aryl methyl sites for hydroxylation is 1. The molecule has 0 saturated heterocycles. The molecule has 0 unspecified atom stereocenters. The van der Waals surface area contributed by atoms with Crippen LogP contribution in [0, 0.1) is 30.1 Å². The molecule has 1 aromatic rings. The summed E-state index contributed by atoms with van der Waals surface area (Å²) in [6.07, 6.45) is 9.50. The summed E-state index contributed by atoms with van der Waals surface area (Å²) >= 11 is 0. The van der Waals surface area contributed by atoms with E-state index in [9.17, 15) is 4.79 Å². The molecule has 158 valence electrons. The number of terminal acetylenes is 1. The quantitative estimate of drug-likeness (QED) is 0.316. The Hall–Kier alpha value is -2.41. The lowest BCUT2D eigenvalue weighted by molar-refractivity contribution is -0.0294. The van der Waals surface area contributed by atoms with Crippen LogP contribution in [0.3, 0.4) is 0 Å². The van der Waals surface area contributed by atoms with Crippen LogP contribution in [0.2, 0.25) is 0 Å². The van der Waals surface area contributed by atoms with Gasteiger partial charge < -0.3 is 14.2 Å². The molecule has 0 aromatic heterocycles. The van der Waals surface area contributed by atoms with Gasteiger partial charge in [0.15, 0.2) is 0 Å². The maximum absolute atomic E-state index is 12.2. The average molecular weight is 399 g/mol. The van der Waals surface area contributed by atoms with E-state index in [0.717, 1.165) is 35.3 Å². The topological polar surface area (TPSA) is 44.8 Å². The molecule has 0 heterocycles. The Morgan fingerprint density at radius 2 is 2.10 bits per heavy atom. The number of methoxy groups -OCH3 is 1. The predicted octanol–water partition coefficient (Wildman–Crippen LogP) is 5.78. The molecule has 29 heavy (non-hydrogen) atoms. The molecule has 0 radical (unpaired) electrons. The maximum atomic E-state index is 12.2. The van der Waals surface area contributed by atoms with Crippen molar-refractivity contribution in [2.24, 2.45) is 17.8 Å². The molecule has 1 aliphatic rings. The van der Waals surface area contributed by atoms with Gasteiger partial charge in [-0.05, 0) is 72.8 Å². The zero-order valence-corrected chi connectivity index (χ0v) is 18.2. The number of hydrogen-bond acceptors (Lipinski definition) is 4. The van der Waals surface area contributed by atoms with Crippen molar-refractivity contribution in [3.8, 4) is 18.1 Å². The molecule has 1 saturated carbocycles. The lowest BCUT2D eigenvalue weighted by Crippen LogP contribution is -2.36. The molecule has 0 N–H and O–H groups in total. The van der Waals surface area contributed by atoms with Crippen LogP contribution in [0.15, 0.2) is 30.4 Å². The van der Waals surface area contributed by atoms with Gasteiger partial charge in [-0.25, -0.2) is 4.79 Å². The minimum absolute atomic E-state index is 0.0607. The molecule has 1 aromatic carbocycles. The van der Waals surface area contributed by atoms with Gasteiger partial charge in [0, 0.05) is 5.56 Å². The lowest BCUT2D eigenvalue weighted by atomic mass is 9.75. The van der Waals surface area contributed by atoms with E-state index >= 15 is 0 Å². The van der Waals surface area contributed by atoms with Crippen LogP contribution < -0.4 is 4.74 Å². The highest BCUT2D eigenvalue weighted by Gasteiger charge is 2.33. The van der Waals surface area contributed by atoms with Gasteiger partial charge in [-0.3, -0.25) is 0 Å². The van der Waals surface area contributed by atoms with Crippen molar-refractivity contribution >= 4 is 6.16 Å². The molecule has 0 amide bonds. The van der Waals surface area contributed by atoms with Crippen molar-refractivity contribution in [1.29, 1.82) is 0 Å². The number of carbonyl (C=O) groups is 1. The SMILES string of the molecule is C#Cc1ccc(OC)cc1CCC(=C)COC(=O)O[C@H]1C[C@@H](C)CC[C@@H]1C(C)C. The van der Waals surface area contributed by atoms with Crippen LogP contribution in [0.4, 0.5) is 4.79 Å². The Balaban J connectivity index is 1.81. The van der Waals surface area contributed by atoms with E-state index in [2.05, 4.69) is 33.3 Å². The number of hydrogen-bond donors (Lipinski definition) is 0. The Kier molecular flexibility index (Phi) is 8.64. The van der Waals surface area contributed by atoms with Crippen LogP contribution in [-0.4, -0.2) is 26.0 Å². The summed E-state index contributed by atoms with van der Waals surface area (Å²) in [4.78, 5) is 12.2. The van der Waals surface area contributed by atoms with Crippen molar-refractivity contribution in [3.05, 3.63) is 41.5 Å². The number of ether oxygens (including phenoxy) is 3. The van der Waals surface area contributed by atoms with Gasteiger partial charge in [0.25, 0.3) is 0 Å². The number of carbonyl (C=O) groups excluding carboxylic acids is 1. The van der Waals surface area contributed by atoms with Crippen molar-refractivity contribution < 1.29 is 19.0 Å². The van der Waals surface area contributed by atoms with Crippen molar-refractivity contribution in [3.63, 3.8) is 0 Å². The molecule has 4 heteroatoms. The monoisotopic (exact) mass is 398 g/mol. The van der Waals surface area contributed by atoms with Crippen LogP contribution in [-0.2, 0) is 15.9 Å². The summed E-state index contributed by atoms with van der Waals surface area (Å²) in [5.41, 5.74) is 2.68. The van der Waals surface area contributed by atoms with Gasteiger partial charge in [-0.15, -0.1) is 6.42 Å². The smallest absolute Gasteiger partial charge is 0.497 e. The molecule has 0 bridgehead atoms. The summed E-state index contributed by atoms with van der Waals surface area (Å²) in [7, 11) is 1.63. The van der Waals surface area contributed by atoms with E-state index < -0.39 is 6.16 Å². The van der Waals surface area contributed by atoms with Crippen molar-refractivity contribution in [2.75, 3.05) is 13.7 Å². The van der Waals surface area contributed by atoms with Gasteiger partial charge in [0.05, 0.1) is 7.11 Å². The second-order valence-electron chi connectivity index (χ2n) is 8.44. The lowest BCUT2D eigenvalue weighted by Gasteiger charge is -2.36. The third-order valence-corrected chi connectivity index (χ3v) is 5.82. The highest BCUT2D eigenvalue weighted by Crippen LogP contribution is 2.35. The van der Waals surface area contributed by atoms with E-state index in [1.54, 1.807) is 7.11 Å². The Morgan fingerprint density at radius 3 is 2.76 bits per heavy atom. The summed E-state index contributed by atoms with van der Waals surface area (Å²) in [6, 6.07) is 5.66. The van der Waals surface area contributed by atoms with Crippen molar-refractivity contribution in [2.45, 2.75) is 59.0 Å². The summed E-state index contributed by atoms with van der Waals surface area (Å²) in [6.45, 7) is 10.8. The van der Waals surface area contributed by atoms with Gasteiger partial charge >= 0.3 is 6.16 Å². The Bertz CT molecular complexity index is 744. The third-order valence-electron chi connectivity index (χ3n) is 5.82. The fourth-order valence-corrected chi connectivity index (χ4v) is 4.00. The van der Waals surface area contributed by atoms with E-state index in [0.29, 0.717) is 30.6 Å². The fraction of sp³-hybridized carbons (Fsp3) is 0.560. The normalized spacial score (nSPS) is 21.3. The zero-order chi connectivity index (χ0) is 21.4. The summed E-state index contributed by atoms with van der Waals surface area (Å²) < 4.78 is 16.3. The molecule has 0 aliphatic heterocycles. The fourth-order valence-electron chi connectivity index (χ4n) is 4.00. The van der Waals surface area contributed by atoms with E-state index in [1.807, 2.05) is 18.2 Å². The minimum Gasteiger partial charge on any atom is -0.497 e. The third kappa shape index (κ3) is 6.85. The molecular weight excluding hydrogens is 364 g/mol. The molecular formula is C25H34O4. The Morgan fingerprint density at radius 1 is 1.34 bits per heavy atom. The number of rotatable bonds is 8. The molecule has 0 spiro atoms. The summed E-state index contributed by atoms with van der Waals surface area (Å²) in [5, 5.41) is 0. The average Bonchev–Trinajstić information content (AvgIpc) is 2.70. The highest BCUT2D eigenvalue weighted by molar-refractivity contribution is 5.60. The zero-order valence-electron chi connectivity index (χ0n) is 18.2. The van der Waals surface area contributed by atoms with Crippen LogP contribution in [0.25, 0.3) is 0 Å². The first kappa shape index (κ1) is 22.9. The predicted molar refractivity (Wildman–Crippen MR) is 116 cm³/mol. The second-order valence-corrected chi connectivity index (χ2v) is 8.44. The molecule has 2 rings (SSSR count). The van der Waals surface area contributed by atoms with Gasteiger partial charge in [0.1, 0.15) is 18.5 Å². The Labute approximate surface area is 175 Å². The number of benzene rings is 1. The molecule has 1 aliphatic carbocycles. The van der Waals surface area contributed by atoms with E-state index in [-0.39, 0.29) is 12.7 Å². The first-order chi connectivity index (χ1) is 13.8. The first-order valence-corrected chi connectivity index (χ1v) is 10.5. The minimum atomic E-state index is -0.596. The second kappa shape index (κ2) is 11.0. The van der Waals surface area contributed by atoms with Crippen molar-refractivity contribution in [1.82, 2.24) is 0 Å². The van der Waals surface area contributed by atoms with Crippen LogP contribution in [0.5, 0.6) is 5.75 Å². The largest absolute Gasteiger partial charge is 0.508 e. The maximum Gasteiger partial charge on any atom is 0.508 e.